The molecule has 3 aromatic rings. The van der Waals surface area contributed by atoms with Gasteiger partial charge in [0.2, 0.25) is 0 Å². The third kappa shape index (κ3) is 3.57. The van der Waals surface area contributed by atoms with Crippen molar-refractivity contribution in [3.05, 3.63) is 77.0 Å². The second-order valence-electron chi connectivity index (χ2n) is 4.95. The van der Waals surface area contributed by atoms with E-state index in [1.165, 1.54) is 5.56 Å². The van der Waals surface area contributed by atoms with Crippen molar-refractivity contribution in [1.82, 2.24) is 0 Å². The van der Waals surface area contributed by atoms with Crippen LogP contribution in [0.25, 0.3) is 11.3 Å². The first kappa shape index (κ1) is 14.4. The summed E-state index contributed by atoms with van der Waals surface area (Å²) in [5.41, 5.74) is 6.05. The summed E-state index contributed by atoms with van der Waals surface area (Å²) >= 11 is 5.99. The zero-order valence-corrected chi connectivity index (χ0v) is 12.8. The molecule has 22 heavy (non-hydrogen) atoms. The number of nitrogens with one attached hydrogen (secondary N) is 1. The average Bonchev–Trinajstić information content (AvgIpc) is 2.96. The highest BCUT2D eigenvalue weighted by molar-refractivity contribution is 6.30. The number of hydrogen-bond donors (Lipinski definition) is 1. The smallest absolute Gasteiger partial charge is 0.147 e. The molecule has 0 aliphatic carbocycles. The molecule has 3 rings (SSSR count). The monoisotopic (exact) mass is 310 g/mol. The molecule has 0 aliphatic rings. The van der Waals surface area contributed by atoms with Gasteiger partial charge >= 0.3 is 0 Å². The van der Waals surface area contributed by atoms with E-state index in [0.717, 1.165) is 17.0 Å². The Morgan fingerprint density at radius 3 is 2.73 bits per heavy atom. The molecule has 0 saturated carbocycles. The third-order valence-corrected chi connectivity index (χ3v) is 3.37. The molecule has 0 radical (unpaired) electrons. The van der Waals surface area contributed by atoms with Crippen LogP contribution in [-0.4, -0.2) is 6.21 Å². The van der Waals surface area contributed by atoms with E-state index in [2.05, 4.69) is 10.5 Å². The van der Waals surface area contributed by atoms with Gasteiger partial charge in [-0.05, 0) is 48.9 Å². The predicted molar refractivity (Wildman–Crippen MR) is 91.5 cm³/mol. The maximum absolute atomic E-state index is 5.99. The fourth-order valence-corrected chi connectivity index (χ4v) is 2.29. The average molecular weight is 311 g/mol. The van der Waals surface area contributed by atoms with E-state index in [9.17, 15) is 0 Å². The van der Waals surface area contributed by atoms with Gasteiger partial charge in [-0.1, -0.05) is 35.9 Å². The summed E-state index contributed by atoms with van der Waals surface area (Å²) in [7, 11) is 0. The molecule has 3 nitrogen and oxygen atoms in total. The van der Waals surface area contributed by atoms with Crippen molar-refractivity contribution in [3.63, 3.8) is 0 Å². The first-order valence-corrected chi connectivity index (χ1v) is 7.30. The minimum Gasteiger partial charge on any atom is -0.455 e. The second kappa shape index (κ2) is 6.50. The largest absolute Gasteiger partial charge is 0.455 e. The molecule has 1 aromatic heterocycles. The second-order valence-corrected chi connectivity index (χ2v) is 5.39. The normalized spacial score (nSPS) is 11.0. The summed E-state index contributed by atoms with van der Waals surface area (Å²) in [6, 6.07) is 19.3. The highest BCUT2D eigenvalue weighted by Crippen LogP contribution is 2.24. The molecular formula is C18H15ClN2O. The fraction of sp³-hybridized carbons (Fsp3) is 0.0556. The van der Waals surface area contributed by atoms with Crippen LogP contribution < -0.4 is 5.43 Å². The highest BCUT2D eigenvalue weighted by atomic mass is 35.5. The fourth-order valence-electron chi connectivity index (χ4n) is 2.10. The Morgan fingerprint density at radius 2 is 1.91 bits per heavy atom. The van der Waals surface area contributed by atoms with Crippen molar-refractivity contribution in [1.29, 1.82) is 0 Å². The molecule has 1 heterocycles. The minimum absolute atomic E-state index is 0.676. The molecule has 1 N–H and O–H groups in total. The van der Waals surface area contributed by atoms with Crippen molar-refractivity contribution in [2.45, 2.75) is 6.92 Å². The number of halogens is 1. The number of anilines is 1. The molecule has 4 heteroatoms. The number of hydrazone groups is 1. The quantitative estimate of drug-likeness (QED) is 0.520. The molecule has 0 bridgehead atoms. The Morgan fingerprint density at radius 1 is 1.05 bits per heavy atom. The van der Waals surface area contributed by atoms with E-state index in [1.54, 1.807) is 6.21 Å². The van der Waals surface area contributed by atoms with E-state index in [0.29, 0.717) is 10.8 Å². The van der Waals surface area contributed by atoms with Crippen molar-refractivity contribution < 1.29 is 4.42 Å². The van der Waals surface area contributed by atoms with E-state index in [1.807, 2.05) is 67.6 Å². The van der Waals surface area contributed by atoms with Gasteiger partial charge in [0.25, 0.3) is 0 Å². The number of rotatable bonds is 4. The van der Waals surface area contributed by atoms with Crippen LogP contribution in [0.5, 0.6) is 0 Å². The lowest BCUT2D eigenvalue weighted by atomic mass is 10.2. The van der Waals surface area contributed by atoms with Gasteiger partial charge < -0.3 is 4.42 Å². The van der Waals surface area contributed by atoms with Crippen LogP contribution in [0.15, 0.2) is 70.2 Å². The van der Waals surface area contributed by atoms with Gasteiger partial charge in [0.05, 0.1) is 11.9 Å². The van der Waals surface area contributed by atoms with Crippen LogP contribution in [0.3, 0.4) is 0 Å². The molecular weight excluding hydrogens is 296 g/mol. The zero-order chi connectivity index (χ0) is 15.4. The van der Waals surface area contributed by atoms with Crippen molar-refractivity contribution in [2.75, 3.05) is 5.43 Å². The standard InChI is InChI=1S/C18H15ClN2O/c1-13-4-2-7-16(10-13)21-20-12-17-8-9-18(22-17)14-5-3-6-15(19)11-14/h2-12,21H,1H3/b20-12-. The van der Waals surface area contributed by atoms with Crippen LogP contribution >= 0.6 is 11.6 Å². The topological polar surface area (TPSA) is 37.5 Å². The van der Waals surface area contributed by atoms with Gasteiger partial charge in [-0.25, -0.2) is 0 Å². The summed E-state index contributed by atoms with van der Waals surface area (Å²) in [6.45, 7) is 2.04. The first-order chi connectivity index (χ1) is 10.7. The Bertz CT molecular complexity index is 808. The predicted octanol–water partition coefficient (Wildman–Crippen LogP) is 5.35. The Hall–Kier alpha value is -2.52. The summed E-state index contributed by atoms with van der Waals surface area (Å²) in [5, 5.41) is 4.87. The maximum atomic E-state index is 5.99. The summed E-state index contributed by atoms with van der Waals surface area (Å²) in [6.07, 6.45) is 1.65. The number of aryl methyl sites for hydroxylation is 1. The Balaban J connectivity index is 1.70. The highest BCUT2D eigenvalue weighted by Gasteiger charge is 2.03. The van der Waals surface area contributed by atoms with Crippen molar-refractivity contribution >= 4 is 23.5 Å². The molecule has 110 valence electrons. The number of hydrogen-bond acceptors (Lipinski definition) is 3. The minimum atomic E-state index is 0.676. The van der Waals surface area contributed by atoms with E-state index < -0.39 is 0 Å². The maximum Gasteiger partial charge on any atom is 0.147 e. The summed E-state index contributed by atoms with van der Waals surface area (Å²) < 4.78 is 5.74. The Labute approximate surface area is 134 Å². The third-order valence-electron chi connectivity index (χ3n) is 3.14. The number of benzene rings is 2. The lowest BCUT2D eigenvalue weighted by Gasteiger charge is -2.00. The van der Waals surface area contributed by atoms with Crippen molar-refractivity contribution in [2.24, 2.45) is 5.10 Å². The lowest BCUT2D eigenvalue weighted by Crippen LogP contribution is -1.89. The molecule has 0 unspecified atom stereocenters. The first-order valence-electron chi connectivity index (χ1n) is 6.92. The van der Waals surface area contributed by atoms with Gasteiger partial charge in [-0.3, -0.25) is 5.43 Å². The number of furan rings is 1. The molecule has 0 fully saturated rings. The van der Waals surface area contributed by atoms with E-state index in [-0.39, 0.29) is 0 Å². The Kier molecular flexibility index (Phi) is 4.26. The van der Waals surface area contributed by atoms with E-state index in [4.69, 9.17) is 16.0 Å². The van der Waals surface area contributed by atoms with Crippen LogP contribution in [-0.2, 0) is 0 Å². The molecule has 0 spiro atoms. The SMILES string of the molecule is Cc1cccc(N/N=C\c2ccc(-c3cccc(Cl)c3)o2)c1. The van der Waals surface area contributed by atoms with Crippen LogP contribution in [0.4, 0.5) is 5.69 Å². The van der Waals surface area contributed by atoms with Gasteiger partial charge in [0.15, 0.2) is 0 Å². The van der Waals surface area contributed by atoms with Crippen LogP contribution in [0.2, 0.25) is 5.02 Å². The van der Waals surface area contributed by atoms with E-state index >= 15 is 0 Å². The number of nitrogens with zero attached hydrogens (tertiary/aromatic N) is 1. The van der Waals surface area contributed by atoms with Gasteiger partial charge in [0, 0.05) is 10.6 Å². The molecule has 0 aliphatic heterocycles. The summed E-state index contributed by atoms with van der Waals surface area (Å²) in [4.78, 5) is 0. The van der Waals surface area contributed by atoms with Gasteiger partial charge in [-0.15, -0.1) is 0 Å². The molecule has 0 saturated heterocycles. The lowest BCUT2D eigenvalue weighted by molar-refractivity contribution is 0.575. The van der Waals surface area contributed by atoms with Gasteiger partial charge in [-0.2, -0.15) is 5.10 Å². The van der Waals surface area contributed by atoms with Crippen LogP contribution in [0, 0.1) is 6.92 Å². The molecule has 2 aromatic carbocycles. The molecule has 0 atom stereocenters. The van der Waals surface area contributed by atoms with Gasteiger partial charge in [0.1, 0.15) is 11.5 Å². The zero-order valence-electron chi connectivity index (χ0n) is 12.1. The molecule has 0 amide bonds. The van der Waals surface area contributed by atoms with Crippen molar-refractivity contribution in [3.8, 4) is 11.3 Å². The van der Waals surface area contributed by atoms with Crippen LogP contribution in [0.1, 0.15) is 11.3 Å². The summed E-state index contributed by atoms with van der Waals surface area (Å²) in [5.74, 6) is 1.44.